The number of amides is 3. The van der Waals surface area contributed by atoms with Crippen molar-refractivity contribution in [1.29, 1.82) is 0 Å². The highest BCUT2D eigenvalue weighted by Crippen LogP contribution is 2.19. The molecule has 0 unspecified atom stereocenters. The molecule has 3 N–H and O–H groups in total. The summed E-state index contributed by atoms with van der Waals surface area (Å²) in [5, 5.41) is 7.11. The molecule has 0 aliphatic carbocycles. The van der Waals surface area contributed by atoms with Crippen molar-refractivity contribution in [1.82, 2.24) is 0 Å². The zero-order chi connectivity index (χ0) is 16.1. The Balaban J connectivity index is 2.01. The topological polar surface area (TPSA) is 70.2 Å². The first-order valence-electron chi connectivity index (χ1n) is 6.35. The highest BCUT2D eigenvalue weighted by molar-refractivity contribution is 6.00. The molecule has 2 rings (SSSR count). The van der Waals surface area contributed by atoms with Crippen LogP contribution < -0.4 is 16.0 Å². The SMILES string of the molecule is CC(=O)Nc1ccc(NC(=O)Nc2c(F)cccc2F)cc1. The number of carbonyl (C=O) groups is 2. The lowest BCUT2D eigenvalue weighted by molar-refractivity contribution is -0.114. The van der Waals surface area contributed by atoms with Crippen molar-refractivity contribution in [2.45, 2.75) is 6.92 Å². The van der Waals surface area contributed by atoms with Gasteiger partial charge in [0.15, 0.2) is 0 Å². The maximum absolute atomic E-state index is 13.4. The molecular formula is C15H13F2N3O2. The molecule has 5 nitrogen and oxygen atoms in total. The van der Waals surface area contributed by atoms with Crippen LogP contribution in [0.4, 0.5) is 30.6 Å². The van der Waals surface area contributed by atoms with Gasteiger partial charge in [-0.1, -0.05) is 6.07 Å². The number of rotatable bonds is 3. The van der Waals surface area contributed by atoms with E-state index in [1.54, 1.807) is 24.3 Å². The molecule has 7 heteroatoms. The largest absolute Gasteiger partial charge is 0.326 e. The fourth-order valence-electron chi connectivity index (χ4n) is 1.73. The van der Waals surface area contributed by atoms with E-state index in [1.807, 2.05) is 0 Å². The quantitative estimate of drug-likeness (QED) is 0.811. The normalized spacial score (nSPS) is 9.95. The van der Waals surface area contributed by atoms with Gasteiger partial charge in [-0.15, -0.1) is 0 Å². The van der Waals surface area contributed by atoms with Gasteiger partial charge >= 0.3 is 6.03 Å². The van der Waals surface area contributed by atoms with Crippen LogP contribution >= 0.6 is 0 Å². The first-order chi connectivity index (χ1) is 10.5. The van der Waals surface area contributed by atoms with E-state index < -0.39 is 23.4 Å². The number of carbonyl (C=O) groups excluding carboxylic acids is 2. The minimum atomic E-state index is -0.865. The lowest BCUT2D eigenvalue weighted by Gasteiger charge is -2.10. The van der Waals surface area contributed by atoms with Crippen LogP contribution in [-0.4, -0.2) is 11.9 Å². The molecule has 2 aromatic rings. The van der Waals surface area contributed by atoms with Gasteiger partial charge in [0, 0.05) is 18.3 Å². The Hall–Kier alpha value is -2.96. The van der Waals surface area contributed by atoms with Crippen molar-refractivity contribution in [3.05, 3.63) is 54.1 Å². The van der Waals surface area contributed by atoms with Gasteiger partial charge in [0.1, 0.15) is 17.3 Å². The predicted molar refractivity (Wildman–Crippen MR) is 79.7 cm³/mol. The molecule has 3 amide bonds. The van der Waals surface area contributed by atoms with Gasteiger partial charge in [0.25, 0.3) is 0 Å². The van der Waals surface area contributed by atoms with Crippen LogP contribution in [0.25, 0.3) is 0 Å². The number of hydrogen-bond acceptors (Lipinski definition) is 2. The smallest absolute Gasteiger partial charge is 0.323 e. The molecule has 2 aromatic carbocycles. The second kappa shape index (κ2) is 6.66. The van der Waals surface area contributed by atoms with Crippen LogP contribution in [0.2, 0.25) is 0 Å². The summed E-state index contributed by atoms with van der Waals surface area (Å²) in [4.78, 5) is 22.6. The molecule has 22 heavy (non-hydrogen) atoms. The number of anilines is 3. The number of benzene rings is 2. The summed E-state index contributed by atoms with van der Waals surface area (Å²) in [6.45, 7) is 1.38. The molecule has 0 saturated carbocycles. The summed E-state index contributed by atoms with van der Waals surface area (Å²) in [5.41, 5.74) is 0.455. The molecule has 114 valence electrons. The number of hydrogen-bond donors (Lipinski definition) is 3. The second-order valence-corrected chi connectivity index (χ2v) is 4.43. The van der Waals surface area contributed by atoms with E-state index in [2.05, 4.69) is 16.0 Å². The van der Waals surface area contributed by atoms with Gasteiger partial charge in [0.2, 0.25) is 5.91 Å². The Morgan fingerprint density at radius 3 is 1.82 bits per heavy atom. The van der Waals surface area contributed by atoms with Crippen LogP contribution in [0.3, 0.4) is 0 Å². The van der Waals surface area contributed by atoms with Gasteiger partial charge in [0.05, 0.1) is 0 Å². The lowest BCUT2D eigenvalue weighted by atomic mass is 10.2. The van der Waals surface area contributed by atoms with E-state index in [-0.39, 0.29) is 5.91 Å². The molecule has 0 bridgehead atoms. The van der Waals surface area contributed by atoms with Crippen molar-refractivity contribution >= 4 is 29.0 Å². The van der Waals surface area contributed by atoms with E-state index in [1.165, 1.54) is 13.0 Å². The highest BCUT2D eigenvalue weighted by atomic mass is 19.1. The standard InChI is InChI=1S/C15H13F2N3O2/c1-9(21)18-10-5-7-11(8-6-10)19-15(22)20-14-12(16)3-2-4-13(14)17/h2-8H,1H3,(H,18,21)(H2,19,20,22). The van der Waals surface area contributed by atoms with Crippen LogP contribution in [0, 0.1) is 11.6 Å². The summed E-state index contributed by atoms with van der Waals surface area (Å²) in [7, 11) is 0. The van der Waals surface area contributed by atoms with E-state index in [4.69, 9.17) is 0 Å². The van der Waals surface area contributed by atoms with Crippen LogP contribution in [0.1, 0.15) is 6.92 Å². The lowest BCUT2D eigenvalue weighted by Crippen LogP contribution is -2.21. The second-order valence-electron chi connectivity index (χ2n) is 4.43. The molecule has 0 spiro atoms. The number of halogens is 2. The molecule has 0 aromatic heterocycles. The molecule has 0 fully saturated rings. The first kappa shape index (κ1) is 15.4. The highest BCUT2D eigenvalue weighted by Gasteiger charge is 2.11. The van der Waals surface area contributed by atoms with Crippen molar-refractivity contribution in [3.8, 4) is 0 Å². The average Bonchev–Trinajstić information content (AvgIpc) is 2.45. The Morgan fingerprint density at radius 1 is 0.818 bits per heavy atom. The minimum absolute atomic E-state index is 0.214. The summed E-state index contributed by atoms with van der Waals surface area (Å²) in [6.07, 6.45) is 0. The fourth-order valence-corrected chi connectivity index (χ4v) is 1.73. The molecular weight excluding hydrogens is 292 g/mol. The molecule has 0 atom stereocenters. The molecule has 0 saturated heterocycles. The molecule has 0 aliphatic heterocycles. The Morgan fingerprint density at radius 2 is 1.32 bits per heavy atom. The molecule has 0 radical (unpaired) electrons. The third kappa shape index (κ3) is 4.02. The zero-order valence-corrected chi connectivity index (χ0v) is 11.6. The van der Waals surface area contributed by atoms with Crippen molar-refractivity contribution in [3.63, 3.8) is 0 Å². The average molecular weight is 305 g/mol. The van der Waals surface area contributed by atoms with Crippen LogP contribution in [0.15, 0.2) is 42.5 Å². The number of urea groups is 1. The minimum Gasteiger partial charge on any atom is -0.326 e. The van der Waals surface area contributed by atoms with E-state index >= 15 is 0 Å². The summed E-state index contributed by atoms with van der Waals surface area (Å²) >= 11 is 0. The first-order valence-corrected chi connectivity index (χ1v) is 6.35. The third-order valence-corrected chi connectivity index (χ3v) is 2.66. The zero-order valence-electron chi connectivity index (χ0n) is 11.6. The van der Waals surface area contributed by atoms with Crippen molar-refractivity contribution in [2.24, 2.45) is 0 Å². The monoisotopic (exact) mass is 305 g/mol. The number of nitrogens with one attached hydrogen (secondary N) is 3. The van der Waals surface area contributed by atoms with Gasteiger partial charge in [-0.05, 0) is 36.4 Å². The molecule has 0 heterocycles. The van der Waals surface area contributed by atoms with Gasteiger partial charge in [-0.2, -0.15) is 0 Å². The van der Waals surface area contributed by atoms with Gasteiger partial charge in [-0.3, -0.25) is 4.79 Å². The van der Waals surface area contributed by atoms with E-state index in [9.17, 15) is 18.4 Å². The summed E-state index contributed by atoms with van der Waals surface area (Å²) in [5.74, 6) is -1.94. The Labute approximate surface area is 125 Å². The van der Waals surface area contributed by atoms with E-state index in [0.717, 1.165) is 12.1 Å². The van der Waals surface area contributed by atoms with E-state index in [0.29, 0.717) is 11.4 Å². The summed E-state index contributed by atoms with van der Waals surface area (Å²) < 4.78 is 26.8. The van der Waals surface area contributed by atoms with Crippen LogP contribution in [0.5, 0.6) is 0 Å². The number of para-hydroxylation sites is 1. The predicted octanol–water partition coefficient (Wildman–Crippen LogP) is 3.57. The molecule has 0 aliphatic rings. The van der Waals surface area contributed by atoms with Crippen LogP contribution in [-0.2, 0) is 4.79 Å². The maximum atomic E-state index is 13.4. The maximum Gasteiger partial charge on any atom is 0.323 e. The summed E-state index contributed by atoms with van der Waals surface area (Å²) in [6, 6.07) is 8.76. The Bertz CT molecular complexity index is 682. The van der Waals surface area contributed by atoms with Crippen molar-refractivity contribution < 1.29 is 18.4 Å². The Kier molecular flexibility index (Phi) is 4.67. The van der Waals surface area contributed by atoms with Gasteiger partial charge < -0.3 is 16.0 Å². The van der Waals surface area contributed by atoms with Gasteiger partial charge in [-0.25, -0.2) is 13.6 Å². The van der Waals surface area contributed by atoms with Crippen molar-refractivity contribution in [2.75, 3.05) is 16.0 Å². The fraction of sp³-hybridized carbons (Fsp3) is 0.0667. The third-order valence-electron chi connectivity index (χ3n) is 2.66.